The summed E-state index contributed by atoms with van der Waals surface area (Å²) in [4.78, 5) is 19.7. The third kappa shape index (κ3) is 42.7. The van der Waals surface area contributed by atoms with E-state index < -0.39 is 0 Å². The Bertz CT molecular complexity index is 140. The molecule has 0 saturated carbocycles. The van der Waals surface area contributed by atoms with Crippen LogP contribution in [0.15, 0.2) is 0 Å². The maximum atomic E-state index is 10.2. The van der Waals surface area contributed by atoms with E-state index in [0.717, 1.165) is 6.42 Å². The van der Waals surface area contributed by atoms with Crippen LogP contribution in [-0.4, -0.2) is 17.6 Å². The minimum atomic E-state index is -0.236. The van der Waals surface area contributed by atoms with E-state index in [-0.39, 0.29) is 17.6 Å². The number of nitrogens with two attached hydrogens (primary N) is 1. The molecule has 3 nitrogen and oxygen atoms in total. The molecule has 0 fully saturated rings. The lowest BCUT2D eigenvalue weighted by molar-refractivity contribution is -0.118. The molecule has 0 radical (unpaired) electrons. The van der Waals surface area contributed by atoms with Gasteiger partial charge in [-0.05, 0) is 27.2 Å². The van der Waals surface area contributed by atoms with E-state index in [0.29, 0.717) is 0 Å². The Kier molecular flexibility index (Phi) is 20.1. The first-order valence-electron chi connectivity index (χ1n) is 5.06. The van der Waals surface area contributed by atoms with Gasteiger partial charge >= 0.3 is 0 Å². The molecule has 0 saturated heterocycles. The number of carbonyl (C=O) groups excluding carboxylic acids is 2. The van der Waals surface area contributed by atoms with Gasteiger partial charge < -0.3 is 10.5 Å². The highest BCUT2D eigenvalue weighted by atomic mass is 16.1. The van der Waals surface area contributed by atoms with Gasteiger partial charge in [-0.15, -0.1) is 0 Å². The molecular weight excluding hydrogens is 178 g/mol. The molecule has 0 amide bonds. The van der Waals surface area contributed by atoms with Crippen LogP contribution in [0.25, 0.3) is 0 Å². The molecule has 0 rings (SSSR count). The molecule has 0 aliphatic heterocycles. The van der Waals surface area contributed by atoms with Crippen molar-refractivity contribution in [1.29, 1.82) is 0 Å². The molecule has 2 N–H and O–H groups in total. The molecule has 1 unspecified atom stereocenters. The number of rotatable bonds is 2. The first-order chi connectivity index (χ1) is 6.33. The Morgan fingerprint density at radius 1 is 1.07 bits per heavy atom. The van der Waals surface area contributed by atoms with E-state index in [1.165, 1.54) is 27.2 Å². The summed E-state index contributed by atoms with van der Waals surface area (Å²) in [5.74, 6) is 0.238. The van der Waals surface area contributed by atoms with Crippen LogP contribution < -0.4 is 5.73 Å². The van der Waals surface area contributed by atoms with Gasteiger partial charge in [0.25, 0.3) is 0 Å². The second-order valence-corrected chi connectivity index (χ2v) is 3.24. The summed E-state index contributed by atoms with van der Waals surface area (Å²) in [7, 11) is 0. The minimum Gasteiger partial charge on any atom is -0.322 e. The molecule has 0 aromatic rings. The van der Waals surface area contributed by atoms with Crippen LogP contribution in [0.1, 0.15) is 54.4 Å². The lowest BCUT2D eigenvalue weighted by atomic mass is 10.2. The molecule has 0 bridgehead atoms. The van der Waals surface area contributed by atoms with E-state index in [2.05, 4.69) is 13.8 Å². The second-order valence-electron chi connectivity index (χ2n) is 3.24. The Labute approximate surface area is 88.1 Å². The largest absolute Gasteiger partial charge is 0.322 e. The first-order valence-corrected chi connectivity index (χ1v) is 5.06. The van der Waals surface area contributed by atoms with Gasteiger partial charge in [-0.1, -0.05) is 27.2 Å². The van der Waals surface area contributed by atoms with Crippen molar-refractivity contribution in [1.82, 2.24) is 0 Å². The number of Topliss-reactive ketones (excluding diaryl/α,β-unsaturated/α-hetero) is 2. The SMILES string of the molecule is CC(C)=O.CCC.CCC(N)C(C)=O. The Hall–Kier alpha value is -0.700. The molecule has 0 aromatic heterocycles. The number of hydrogen-bond acceptors (Lipinski definition) is 3. The van der Waals surface area contributed by atoms with Crippen LogP contribution in [0.5, 0.6) is 0 Å². The van der Waals surface area contributed by atoms with Gasteiger partial charge in [0, 0.05) is 0 Å². The summed E-state index contributed by atoms with van der Waals surface area (Å²) < 4.78 is 0. The van der Waals surface area contributed by atoms with Crippen LogP contribution in [0.2, 0.25) is 0 Å². The molecule has 1 atom stereocenters. The van der Waals surface area contributed by atoms with Crippen molar-refractivity contribution in [3.05, 3.63) is 0 Å². The molecule has 0 spiro atoms. The standard InChI is InChI=1S/C5H11NO.C3H6O.C3H8/c1-3-5(6)4(2)7;1-3(2)4;1-3-2/h5H,3,6H2,1-2H3;1-2H3;3H2,1-2H3. The van der Waals surface area contributed by atoms with Gasteiger partial charge in [0.05, 0.1) is 6.04 Å². The summed E-state index contributed by atoms with van der Waals surface area (Å²) >= 11 is 0. The van der Waals surface area contributed by atoms with Gasteiger partial charge in [0.2, 0.25) is 0 Å². The van der Waals surface area contributed by atoms with E-state index in [1.807, 2.05) is 6.92 Å². The van der Waals surface area contributed by atoms with Gasteiger partial charge in [0.1, 0.15) is 11.6 Å². The van der Waals surface area contributed by atoms with Gasteiger partial charge in [0.15, 0.2) is 0 Å². The highest BCUT2D eigenvalue weighted by Gasteiger charge is 2.01. The lowest BCUT2D eigenvalue weighted by Gasteiger charge is -1.99. The fraction of sp³-hybridized carbons (Fsp3) is 0.818. The number of hydrogen-bond donors (Lipinski definition) is 1. The molecule has 86 valence electrons. The van der Waals surface area contributed by atoms with Crippen LogP contribution in [0, 0.1) is 0 Å². The Morgan fingerprint density at radius 2 is 1.29 bits per heavy atom. The van der Waals surface area contributed by atoms with Crippen molar-refractivity contribution < 1.29 is 9.59 Å². The molecular formula is C11H25NO2. The summed E-state index contributed by atoms with van der Waals surface area (Å²) in [6.45, 7) is 10.7. The third-order valence-electron chi connectivity index (χ3n) is 0.962. The zero-order valence-corrected chi connectivity index (χ0v) is 10.4. The van der Waals surface area contributed by atoms with Crippen molar-refractivity contribution in [2.75, 3.05) is 0 Å². The zero-order chi connectivity index (χ0) is 12.1. The average molecular weight is 203 g/mol. The summed E-state index contributed by atoms with van der Waals surface area (Å²) in [5, 5.41) is 0. The predicted octanol–water partition coefficient (Wildman–Crippen LogP) is 2.32. The summed E-state index contributed by atoms with van der Waals surface area (Å²) in [5.41, 5.74) is 5.27. The fourth-order valence-corrected chi connectivity index (χ4v) is 0.287. The fourth-order valence-electron chi connectivity index (χ4n) is 0.287. The van der Waals surface area contributed by atoms with Crippen molar-refractivity contribution in [3.63, 3.8) is 0 Å². The number of ketones is 2. The molecule has 0 aromatic carbocycles. The van der Waals surface area contributed by atoms with Gasteiger partial charge in [-0.3, -0.25) is 4.79 Å². The minimum absolute atomic E-state index is 0.0718. The predicted molar refractivity (Wildman–Crippen MR) is 61.3 cm³/mol. The maximum absolute atomic E-state index is 10.2. The normalized spacial score (nSPS) is 9.93. The van der Waals surface area contributed by atoms with Crippen molar-refractivity contribution >= 4 is 11.6 Å². The van der Waals surface area contributed by atoms with Crippen LogP contribution in [-0.2, 0) is 9.59 Å². The third-order valence-corrected chi connectivity index (χ3v) is 0.962. The van der Waals surface area contributed by atoms with Crippen LogP contribution in [0.3, 0.4) is 0 Å². The molecule has 0 aliphatic carbocycles. The van der Waals surface area contributed by atoms with Crippen LogP contribution >= 0.6 is 0 Å². The highest BCUT2D eigenvalue weighted by molar-refractivity contribution is 5.80. The Balaban J connectivity index is -0.000000147. The van der Waals surface area contributed by atoms with Crippen molar-refractivity contribution in [2.24, 2.45) is 5.73 Å². The second kappa shape index (κ2) is 14.8. The Morgan fingerprint density at radius 3 is 1.29 bits per heavy atom. The molecule has 0 aliphatic rings. The van der Waals surface area contributed by atoms with Crippen molar-refractivity contribution in [2.45, 2.75) is 60.4 Å². The van der Waals surface area contributed by atoms with Crippen LogP contribution in [0.4, 0.5) is 0 Å². The molecule has 0 heterocycles. The van der Waals surface area contributed by atoms with Gasteiger partial charge in [-0.25, -0.2) is 0 Å². The smallest absolute Gasteiger partial charge is 0.146 e. The summed E-state index contributed by atoms with van der Waals surface area (Å²) in [6, 6.07) is -0.236. The van der Waals surface area contributed by atoms with Crippen molar-refractivity contribution in [3.8, 4) is 0 Å². The topological polar surface area (TPSA) is 60.2 Å². The summed E-state index contributed by atoms with van der Waals surface area (Å²) in [6.07, 6.45) is 2.00. The quantitative estimate of drug-likeness (QED) is 0.749. The number of carbonyl (C=O) groups is 2. The van der Waals surface area contributed by atoms with E-state index in [9.17, 15) is 9.59 Å². The maximum Gasteiger partial charge on any atom is 0.146 e. The average Bonchev–Trinajstić information content (AvgIpc) is 2.03. The zero-order valence-electron chi connectivity index (χ0n) is 10.4. The highest BCUT2D eigenvalue weighted by Crippen LogP contribution is 1.84. The lowest BCUT2D eigenvalue weighted by Crippen LogP contribution is -2.26. The monoisotopic (exact) mass is 203 g/mol. The van der Waals surface area contributed by atoms with E-state index in [4.69, 9.17) is 5.73 Å². The van der Waals surface area contributed by atoms with E-state index >= 15 is 0 Å². The van der Waals surface area contributed by atoms with Gasteiger partial charge in [-0.2, -0.15) is 0 Å². The van der Waals surface area contributed by atoms with E-state index in [1.54, 1.807) is 0 Å². The molecule has 3 heteroatoms. The first kappa shape index (κ1) is 19.0. The molecule has 14 heavy (non-hydrogen) atoms.